The van der Waals surface area contributed by atoms with E-state index in [0.29, 0.717) is 0 Å². The molecule has 0 radical (unpaired) electrons. The molecule has 0 aliphatic rings. The zero-order chi connectivity index (χ0) is 11.1. The lowest BCUT2D eigenvalue weighted by Gasteiger charge is -1.93. The van der Waals surface area contributed by atoms with Crippen LogP contribution in [0.25, 0.3) is 0 Å². The molecule has 0 saturated carbocycles. The minimum atomic E-state index is 0. The molecule has 0 spiro atoms. The highest BCUT2D eigenvalue weighted by molar-refractivity contribution is 4.78. The van der Waals surface area contributed by atoms with Crippen LogP contribution in [-0.4, -0.2) is 9.55 Å². The largest absolute Gasteiger partial charge is 1.00 e. The summed E-state index contributed by atoms with van der Waals surface area (Å²) in [5, 5.41) is 0. The minimum Gasteiger partial charge on any atom is -1.00 e. The summed E-state index contributed by atoms with van der Waals surface area (Å²) in [6.07, 6.45) is 10.8. The van der Waals surface area contributed by atoms with E-state index < -0.39 is 0 Å². The predicted octanol–water partition coefficient (Wildman–Crippen LogP) is -5.13. The van der Waals surface area contributed by atoms with Gasteiger partial charge in [0, 0.05) is 6.92 Å². The Hall–Kier alpha value is -0.120. The molecule has 4 nitrogen and oxygen atoms in total. The highest BCUT2D eigenvalue weighted by atomic mass is 127. The van der Waals surface area contributed by atoms with E-state index in [1.165, 1.54) is 12.2 Å². The lowest BCUT2D eigenvalue weighted by atomic mass is 10.5. The van der Waals surface area contributed by atoms with E-state index >= 15 is 0 Å². The van der Waals surface area contributed by atoms with E-state index in [1.54, 1.807) is 6.33 Å². The first kappa shape index (κ1) is 19.2. The average Bonchev–Trinajstić information content (AvgIpc) is 2.87. The third kappa shape index (κ3) is 7.02. The van der Waals surface area contributed by atoms with Gasteiger partial charge in [-0.25, -0.2) is 9.13 Å². The van der Waals surface area contributed by atoms with Gasteiger partial charge in [0.1, 0.15) is 24.8 Å². The van der Waals surface area contributed by atoms with Crippen molar-refractivity contribution in [3.05, 3.63) is 36.9 Å². The van der Waals surface area contributed by atoms with Crippen molar-refractivity contribution in [2.75, 3.05) is 0 Å². The molecule has 0 saturated heterocycles. The molecular weight excluding hydrogens is 442 g/mol. The average molecular weight is 462 g/mol. The molecule has 2 aromatic heterocycles. The molecule has 0 aliphatic heterocycles. The normalized spacial score (nSPS) is 8.41. The van der Waals surface area contributed by atoms with Crippen LogP contribution in [0.15, 0.2) is 31.1 Å². The van der Waals surface area contributed by atoms with Gasteiger partial charge in [-0.2, -0.15) is 0 Å². The van der Waals surface area contributed by atoms with Crippen LogP contribution in [0.3, 0.4) is 0 Å². The van der Waals surface area contributed by atoms with Crippen LogP contribution < -0.4 is 57.5 Å². The van der Waals surface area contributed by atoms with Crippen LogP contribution in [0.2, 0.25) is 0 Å². The Bertz CT molecular complexity index is 354. The van der Waals surface area contributed by atoms with E-state index in [1.807, 2.05) is 12.4 Å². The molecule has 2 N–H and O–H groups in total. The number of aromatic amines is 2. The summed E-state index contributed by atoms with van der Waals surface area (Å²) in [7, 11) is 2.07. The van der Waals surface area contributed by atoms with Gasteiger partial charge in [0.05, 0.1) is 13.6 Å². The van der Waals surface area contributed by atoms with E-state index in [0.717, 1.165) is 6.54 Å². The smallest absolute Gasteiger partial charge is 0.253 e. The highest BCUT2D eigenvalue weighted by Crippen LogP contribution is 1.93. The van der Waals surface area contributed by atoms with Gasteiger partial charge in [-0.15, -0.1) is 0 Å². The van der Waals surface area contributed by atoms with Crippen LogP contribution in [0, 0.1) is 6.92 Å². The van der Waals surface area contributed by atoms with Crippen molar-refractivity contribution < 1.29 is 57.5 Å². The fourth-order valence-corrected chi connectivity index (χ4v) is 1.32. The zero-order valence-electron chi connectivity index (χ0n) is 10.5. The Kier molecular flexibility index (Phi) is 12.4. The number of nitrogens with one attached hydrogen (secondary N) is 2. The van der Waals surface area contributed by atoms with Gasteiger partial charge in [-0.05, 0) is 6.42 Å². The fourth-order valence-electron chi connectivity index (χ4n) is 1.32. The van der Waals surface area contributed by atoms with Crippen molar-refractivity contribution >= 4 is 0 Å². The predicted molar refractivity (Wildman–Crippen MR) is 58.0 cm³/mol. The molecule has 0 unspecified atom stereocenters. The number of aryl methyl sites for hydroxylation is 2. The topological polar surface area (TPSA) is 38.7 Å². The molecule has 0 atom stereocenters. The lowest BCUT2D eigenvalue weighted by Crippen LogP contribution is -3.00. The number of H-pyrrole nitrogens is 2. The second-order valence-corrected chi connectivity index (χ2v) is 3.46. The molecule has 2 aromatic rings. The number of rotatable bonds is 2. The van der Waals surface area contributed by atoms with E-state index in [4.69, 9.17) is 0 Å². The van der Waals surface area contributed by atoms with Gasteiger partial charge in [-0.1, -0.05) is 6.92 Å². The monoisotopic (exact) mass is 462 g/mol. The first-order valence-corrected chi connectivity index (χ1v) is 5.26. The molecule has 6 heteroatoms. The Morgan fingerprint density at radius 2 is 2.12 bits per heavy atom. The van der Waals surface area contributed by atoms with Gasteiger partial charge in [0.15, 0.2) is 0 Å². The maximum absolute atomic E-state index is 2.81. The molecule has 2 rings (SSSR count). The molecule has 2 heterocycles. The summed E-state index contributed by atoms with van der Waals surface area (Å²) in [5.41, 5.74) is 0. The number of hydrogen-bond donors (Lipinski definition) is 1. The summed E-state index contributed by atoms with van der Waals surface area (Å²) in [6.45, 7) is 5.46. The minimum absolute atomic E-state index is 0. The SMILES string of the molecule is CCCn1cc[n+](C)c1C.[I-].[I-].c1c[nH+]c[nH]1. The first-order chi connectivity index (χ1) is 7.25. The zero-order valence-corrected chi connectivity index (χ0v) is 14.8. The van der Waals surface area contributed by atoms with Crippen LogP contribution in [0.4, 0.5) is 0 Å². The standard InChI is InChI=1S/C8H15N2.C3H4N2.2HI/c1-4-5-10-7-6-9(3)8(10)2;1-2-5-3-4-1;;/h6-7H,4-5H2,1-3H3;1-3H,(H,4,5);2*1H/q+1;;;/p-1. The Morgan fingerprint density at radius 1 is 1.41 bits per heavy atom. The Balaban J connectivity index is 0. The Labute approximate surface area is 137 Å². The van der Waals surface area contributed by atoms with Crippen molar-refractivity contribution in [1.29, 1.82) is 0 Å². The van der Waals surface area contributed by atoms with Gasteiger partial charge in [-0.3, -0.25) is 9.97 Å². The second-order valence-electron chi connectivity index (χ2n) is 3.46. The van der Waals surface area contributed by atoms with Crippen molar-refractivity contribution in [3.63, 3.8) is 0 Å². The van der Waals surface area contributed by atoms with Gasteiger partial charge >= 0.3 is 0 Å². The summed E-state index contributed by atoms with van der Waals surface area (Å²) in [4.78, 5) is 5.61. The third-order valence-electron chi connectivity index (χ3n) is 2.30. The molecule has 0 aliphatic carbocycles. The van der Waals surface area contributed by atoms with Crippen molar-refractivity contribution in [2.45, 2.75) is 26.8 Å². The summed E-state index contributed by atoms with van der Waals surface area (Å²) < 4.78 is 4.40. The van der Waals surface area contributed by atoms with Crippen LogP contribution in [-0.2, 0) is 13.6 Å². The van der Waals surface area contributed by atoms with E-state index in [9.17, 15) is 0 Å². The van der Waals surface area contributed by atoms with Gasteiger partial charge in [0.2, 0.25) is 6.33 Å². The van der Waals surface area contributed by atoms with Crippen molar-refractivity contribution in [3.8, 4) is 0 Å². The van der Waals surface area contributed by atoms with E-state index in [-0.39, 0.29) is 48.0 Å². The molecule has 0 amide bonds. The summed E-state index contributed by atoms with van der Waals surface area (Å²) >= 11 is 0. The van der Waals surface area contributed by atoms with Crippen LogP contribution in [0.5, 0.6) is 0 Å². The number of imidazole rings is 2. The lowest BCUT2D eigenvalue weighted by molar-refractivity contribution is -0.677. The second kappa shape index (κ2) is 11.0. The molecule has 0 bridgehead atoms. The summed E-state index contributed by atoms with van der Waals surface area (Å²) in [5.74, 6) is 1.32. The molecule has 0 aromatic carbocycles. The molecule has 0 fully saturated rings. The quantitative estimate of drug-likeness (QED) is 0.343. The number of hydrogen-bond acceptors (Lipinski definition) is 0. The van der Waals surface area contributed by atoms with Crippen LogP contribution >= 0.6 is 0 Å². The third-order valence-corrected chi connectivity index (χ3v) is 2.30. The summed E-state index contributed by atoms with van der Waals surface area (Å²) in [6, 6.07) is 0. The highest BCUT2D eigenvalue weighted by Gasteiger charge is 2.05. The maximum atomic E-state index is 2.81. The first-order valence-electron chi connectivity index (χ1n) is 5.26. The maximum Gasteiger partial charge on any atom is 0.253 e. The molecular formula is C11H20I2N4. The molecule has 17 heavy (non-hydrogen) atoms. The van der Waals surface area contributed by atoms with Gasteiger partial charge in [0.25, 0.3) is 5.82 Å². The number of nitrogens with zero attached hydrogens (tertiary/aromatic N) is 2. The molecule has 98 valence electrons. The number of aromatic nitrogens is 4. The van der Waals surface area contributed by atoms with Crippen molar-refractivity contribution in [1.82, 2.24) is 9.55 Å². The Morgan fingerprint density at radius 3 is 2.41 bits per heavy atom. The van der Waals surface area contributed by atoms with Crippen molar-refractivity contribution in [2.24, 2.45) is 7.05 Å². The van der Waals surface area contributed by atoms with Crippen LogP contribution in [0.1, 0.15) is 19.2 Å². The van der Waals surface area contributed by atoms with E-state index in [2.05, 4.69) is 52.4 Å². The number of halogens is 2. The fraction of sp³-hybridized carbons (Fsp3) is 0.455. The van der Waals surface area contributed by atoms with Gasteiger partial charge < -0.3 is 48.0 Å².